The highest BCUT2D eigenvalue weighted by molar-refractivity contribution is 6.15. The molecule has 0 bridgehead atoms. The van der Waals surface area contributed by atoms with Crippen molar-refractivity contribution in [3.63, 3.8) is 0 Å². The molecule has 1 saturated heterocycles. The largest absolute Gasteiger partial charge is 0.495 e. The van der Waals surface area contributed by atoms with Crippen molar-refractivity contribution >= 4 is 23.5 Å². The van der Waals surface area contributed by atoms with E-state index in [0.29, 0.717) is 11.4 Å². The van der Waals surface area contributed by atoms with Crippen LogP contribution >= 0.6 is 0 Å². The van der Waals surface area contributed by atoms with Crippen LogP contribution in [0.2, 0.25) is 0 Å². The monoisotopic (exact) mass is 320 g/mol. The summed E-state index contributed by atoms with van der Waals surface area (Å²) in [6.45, 7) is 2.91. The number of cyclic esters (lactones) is 2. The third-order valence-electron chi connectivity index (χ3n) is 2.97. The Morgan fingerprint density at radius 1 is 1.26 bits per heavy atom. The van der Waals surface area contributed by atoms with E-state index >= 15 is 0 Å². The molecule has 23 heavy (non-hydrogen) atoms. The number of nitrogens with one attached hydrogen (secondary N) is 1. The molecule has 0 unspecified atom stereocenters. The molecule has 0 aliphatic carbocycles. The summed E-state index contributed by atoms with van der Waals surface area (Å²) in [5.41, 5.74) is 5.59. The summed E-state index contributed by atoms with van der Waals surface area (Å²) >= 11 is 0. The number of primary amides is 1. The van der Waals surface area contributed by atoms with Crippen LogP contribution in [0.3, 0.4) is 0 Å². The number of anilines is 1. The van der Waals surface area contributed by atoms with Crippen LogP contribution in [0, 0.1) is 0 Å². The van der Waals surface area contributed by atoms with Gasteiger partial charge in [0.15, 0.2) is 5.57 Å². The summed E-state index contributed by atoms with van der Waals surface area (Å²) in [6, 6.07) is 4.44. The molecule has 1 aliphatic rings. The van der Waals surface area contributed by atoms with Crippen molar-refractivity contribution in [1.29, 1.82) is 0 Å². The van der Waals surface area contributed by atoms with Crippen LogP contribution in [-0.4, -0.2) is 30.7 Å². The lowest BCUT2D eigenvalue weighted by Crippen LogP contribution is -2.42. The molecular weight excluding hydrogens is 304 g/mol. The lowest BCUT2D eigenvalue weighted by Gasteiger charge is -2.29. The molecule has 0 spiro atoms. The molecule has 0 saturated carbocycles. The number of amides is 1. The SMILES string of the molecule is COc1cc(C(N)=O)ccc1NC=C1C(=O)OC(C)(C)OC1=O. The van der Waals surface area contributed by atoms with E-state index < -0.39 is 23.6 Å². The minimum atomic E-state index is -1.30. The number of benzene rings is 1. The van der Waals surface area contributed by atoms with Gasteiger partial charge in [-0.2, -0.15) is 0 Å². The fraction of sp³-hybridized carbons (Fsp3) is 0.267. The first-order valence-corrected chi connectivity index (χ1v) is 6.65. The molecule has 0 aromatic heterocycles. The molecule has 8 nitrogen and oxygen atoms in total. The van der Waals surface area contributed by atoms with Crippen molar-refractivity contribution in [2.75, 3.05) is 12.4 Å². The number of ether oxygens (including phenoxy) is 3. The Balaban J connectivity index is 2.24. The molecule has 1 aromatic carbocycles. The van der Waals surface area contributed by atoms with E-state index in [1.165, 1.54) is 39.2 Å². The second kappa shape index (κ2) is 5.99. The van der Waals surface area contributed by atoms with Crippen molar-refractivity contribution in [3.8, 4) is 5.75 Å². The van der Waals surface area contributed by atoms with E-state index in [-0.39, 0.29) is 11.1 Å². The van der Waals surface area contributed by atoms with Crippen molar-refractivity contribution < 1.29 is 28.6 Å². The fourth-order valence-electron chi connectivity index (χ4n) is 1.89. The van der Waals surface area contributed by atoms with Crippen molar-refractivity contribution in [2.24, 2.45) is 5.73 Å². The second-order valence-electron chi connectivity index (χ2n) is 5.16. The predicted octanol–water partition coefficient (Wildman–Crippen LogP) is 0.926. The Hall–Kier alpha value is -3.03. The Kier molecular flexibility index (Phi) is 4.26. The first-order chi connectivity index (χ1) is 10.7. The van der Waals surface area contributed by atoms with Crippen LogP contribution in [0.25, 0.3) is 0 Å². The third-order valence-corrected chi connectivity index (χ3v) is 2.97. The van der Waals surface area contributed by atoms with Crippen molar-refractivity contribution in [2.45, 2.75) is 19.6 Å². The maximum Gasteiger partial charge on any atom is 0.350 e. The lowest BCUT2D eigenvalue weighted by molar-refractivity contribution is -0.222. The molecule has 1 amide bonds. The van der Waals surface area contributed by atoms with Gasteiger partial charge in [0, 0.05) is 25.6 Å². The van der Waals surface area contributed by atoms with Crippen LogP contribution < -0.4 is 15.8 Å². The van der Waals surface area contributed by atoms with E-state index in [0.717, 1.165) is 6.20 Å². The average Bonchev–Trinajstić information content (AvgIpc) is 2.45. The van der Waals surface area contributed by atoms with Gasteiger partial charge in [-0.1, -0.05) is 0 Å². The zero-order chi connectivity index (χ0) is 17.2. The van der Waals surface area contributed by atoms with Gasteiger partial charge >= 0.3 is 11.9 Å². The van der Waals surface area contributed by atoms with Crippen molar-refractivity contribution in [1.82, 2.24) is 0 Å². The minimum absolute atomic E-state index is 0.262. The molecule has 122 valence electrons. The number of hydrogen-bond donors (Lipinski definition) is 2. The topological polar surface area (TPSA) is 117 Å². The van der Waals surface area contributed by atoms with Crippen LogP contribution in [0.5, 0.6) is 5.75 Å². The second-order valence-corrected chi connectivity index (χ2v) is 5.16. The van der Waals surface area contributed by atoms with Crippen LogP contribution in [-0.2, 0) is 19.1 Å². The minimum Gasteiger partial charge on any atom is -0.495 e. The Morgan fingerprint density at radius 2 is 1.87 bits per heavy atom. The predicted molar refractivity (Wildman–Crippen MR) is 79.5 cm³/mol. The normalized spacial score (nSPS) is 16.2. The molecule has 1 fully saturated rings. The number of carbonyl (C=O) groups is 3. The highest BCUT2D eigenvalue weighted by Crippen LogP contribution is 2.27. The van der Waals surface area contributed by atoms with E-state index in [1.807, 2.05) is 0 Å². The Morgan fingerprint density at radius 3 is 2.39 bits per heavy atom. The summed E-state index contributed by atoms with van der Waals surface area (Å²) in [4.78, 5) is 34.8. The maximum absolute atomic E-state index is 11.8. The summed E-state index contributed by atoms with van der Waals surface area (Å²) < 4.78 is 15.1. The molecule has 1 aromatic rings. The maximum atomic E-state index is 11.8. The molecule has 1 aliphatic heterocycles. The van der Waals surface area contributed by atoms with Gasteiger partial charge in [-0.05, 0) is 18.2 Å². The molecule has 8 heteroatoms. The fourth-order valence-corrected chi connectivity index (χ4v) is 1.89. The molecule has 0 radical (unpaired) electrons. The summed E-state index contributed by atoms with van der Waals surface area (Å²) in [5, 5.41) is 2.75. The summed E-state index contributed by atoms with van der Waals surface area (Å²) in [7, 11) is 1.41. The van der Waals surface area contributed by atoms with E-state index in [2.05, 4.69) is 5.32 Å². The summed E-state index contributed by atoms with van der Waals surface area (Å²) in [5.74, 6) is -3.18. The van der Waals surface area contributed by atoms with Gasteiger partial charge in [-0.25, -0.2) is 9.59 Å². The number of carbonyl (C=O) groups excluding carboxylic acids is 3. The number of methoxy groups -OCH3 is 1. The van der Waals surface area contributed by atoms with E-state index in [4.69, 9.17) is 19.9 Å². The van der Waals surface area contributed by atoms with Gasteiger partial charge in [0.05, 0.1) is 12.8 Å². The highest BCUT2D eigenvalue weighted by atomic mass is 16.7. The zero-order valence-electron chi connectivity index (χ0n) is 12.8. The zero-order valence-corrected chi connectivity index (χ0v) is 12.8. The number of esters is 2. The third kappa shape index (κ3) is 3.60. The highest BCUT2D eigenvalue weighted by Gasteiger charge is 2.38. The first kappa shape index (κ1) is 16.3. The molecule has 1 heterocycles. The smallest absolute Gasteiger partial charge is 0.350 e. The standard InChI is InChI=1S/C15H16N2O6/c1-15(2)22-13(19)9(14(20)23-15)7-17-10-5-4-8(12(16)18)6-11(10)21-3/h4-7,17H,1-3H3,(H2,16,18). The number of hydrogen-bond acceptors (Lipinski definition) is 7. The molecule has 2 rings (SSSR count). The molecule has 3 N–H and O–H groups in total. The van der Waals surface area contributed by atoms with E-state index in [1.54, 1.807) is 0 Å². The van der Waals surface area contributed by atoms with Gasteiger partial charge in [-0.3, -0.25) is 4.79 Å². The van der Waals surface area contributed by atoms with E-state index in [9.17, 15) is 14.4 Å². The lowest BCUT2D eigenvalue weighted by atomic mass is 10.1. The van der Waals surface area contributed by atoms with Gasteiger partial charge < -0.3 is 25.3 Å². The van der Waals surface area contributed by atoms with Crippen LogP contribution in [0.4, 0.5) is 5.69 Å². The van der Waals surface area contributed by atoms with Gasteiger partial charge in [0.2, 0.25) is 5.91 Å². The Bertz CT molecular complexity index is 686. The number of nitrogens with two attached hydrogens (primary N) is 1. The van der Waals surface area contributed by atoms with Crippen LogP contribution in [0.1, 0.15) is 24.2 Å². The van der Waals surface area contributed by atoms with Gasteiger partial charge in [0.1, 0.15) is 5.75 Å². The van der Waals surface area contributed by atoms with Gasteiger partial charge in [0.25, 0.3) is 5.79 Å². The van der Waals surface area contributed by atoms with Crippen LogP contribution in [0.15, 0.2) is 30.0 Å². The number of rotatable bonds is 4. The quantitative estimate of drug-likeness (QED) is 0.481. The molecule has 0 atom stereocenters. The van der Waals surface area contributed by atoms with Gasteiger partial charge in [-0.15, -0.1) is 0 Å². The first-order valence-electron chi connectivity index (χ1n) is 6.65. The molecular formula is C15H16N2O6. The average molecular weight is 320 g/mol. The summed E-state index contributed by atoms with van der Waals surface area (Å²) in [6.07, 6.45) is 1.15. The Labute approximate surface area is 132 Å². The van der Waals surface area contributed by atoms with Crippen molar-refractivity contribution in [3.05, 3.63) is 35.5 Å².